The molecule has 7 unspecified atom stereocenters. The van der Waals surface area contributed by atoms with Crippen molar-refractivity contribution in [2.75, 3.05) is 0 Å². The zero-order valence-corrected chi connectivity index (χ0v) is 15.1. The molecule has 5 aliphatic rings. The average Bonchev–Trinajstić information content (AvgIpc) is 2.97. The number of carbonyl (C=O) groups is 2. The van der Waals surface area contributed by atoms with Crippen molar-refractivity contribution in [3.8, 4) is 0 Å². The fourth-order valence-electron chi connectivity index (χ4n) is 6.80. The third kappa shape index (κ3) is 1.75. The van der Waals surface area contributed by atoms with E-state index in [1.807, 2.05) is 13.8 Å². The second-order valence-electron chi connectivity index (χ2n) is 9.26. The van der Waals surface area contributed by atoms with Crippen LogP contribution in [0.15, 0.2) is 11.8 Å². The third-order valence-electron chi connectivity index (χ3n) is 7.76. The predicted octanol–water partition coefficient (Wildman–Crippen LogP) is 3.18. The molecule has 1 saturated heterocycles. The Morgan fingerprint density at radius 1 is 1.40 bits per heavy atom. The van der Waals surface area contributed by atoms with Crippen LogP contribution >= 0.6 is 0 Å². The summed E-state index contributed by atoms with van der Waals surface area (Å²) in [5.74, 6) is 0.868. The van der Waals surface area contributed by atoms with E-state index in [1.54, 1.807) is 6.26 Å². The Balaban J connectivity index is 1.52. The first-order valence-electron chi connectivity index (χ1n) is 9.64. The van der Waals surface area contributed by atoms with Crippen LogP contribution < -0.4 is 0 Å². The van der Waals surface area contributed by atoms with Crippen LogP contribution in [0.2, 0.25) is 0 Å². The fourth-order valence-corrected chi connectivity index (χ4v) is 6.80. The maximum Gasteiger partial charge on any atom is 0.312 e. The van der Waals surface area contributed by atoms with Crippen molar-refractivity contribution in [2.45, 2.75) is 65.3 Å². The van der Waals surface area contributed by atoms with Crippen LogP contribution in [-0.2, 0) is 23.8 Å². The Bertz CT molecular complexity index is 682. The van der Waals surface area contributed by atoms with Gasteiger partial charge in [-0.3, -0.25) is 9.59 Å². The van der Waals surface area contributed by atoms with Gasteiger partial charge in [0.15, 0.2) is 0 Å². The second-order valence-corrected chi connectivity index (χ2v) is 9.26. The second kappa shape index (κ2) is 4.80. The SMILES string of the molecule is CC(C)CC(=O)OC1OC=C2C3CC4CC25C1CCC5C4(C)C(=O)O3. The van der Waals surface area contributed by atoms with E-state index in [0.29, 0.717) is 12.3 Å². The van der Waals surface area contributed by atoms with Crippen molar-refractivity contribution >= 4 is 11.9 Å². The monoisotopic (exact) mass is 346 g/mol. The molecule has 3 aliphatic carbocycles. The number of ether oxygens (including phenoxy) is 3. The molecule has 0 aromatic rings. The van der Waals surface area contributed by atoms with Crippen LogP contribution in [0.3, 0.4) is 0 Å². The smallest absolute Gasteiger partial charge is 0.312 e. The van der Waals surface area contributed by atoms with E-state index >= 15 is 0 Å². The summed E-state index contributed by atoms with van der Waals surface area (Å²) in [6.45, 7) is 6.13. The first kappa shape index (κ1) is 15.7. The third-order valence-corrected chi connectivity index (χ3v) is 7.76. The van der Waals surface area contributed by atoms with E-state index in [2.05, 4.69) is 6.92 Å². The molecule has 5 rings (SSSR count). The van der Waals surface area contributed by atoms with Crippen LogP contribution in [0.1, 0.15) is 52.9 Å². The van der Waals surface area contributed by atoms with Gasteiger partial charge in [-0.25, -0.2) is 0 Å². The molecule has 7 atom stereocenters. The normalized spacial score (nSPS) is 48.7. The van der Waals surface area contributed by atoms with Gasteiger partial charge < -0.3 is 14.2 Å². The molecule has 2 aliphatic heterocycles. The van der Waals surface area contributed by atoms with Crippen LogP contribution in [0.4, 0.5) is 0 Å². The highest BCUT2D eigenvalue weighted by Gasteiger charge is 2.77. The van der Waals surface area contributed by atoms with Gasteiger partial charge in [0.2, 0.25) is 6.29 Å². The average molecular weight is 346 g/mol. The lowest BCUT2D eigenvalue weighted by atomic mass is 9.62. The number of hydrogen-bond acceptors (Lipinski definition) is 5. The maximum absolute atomic E-state index is 12.8. The van der Waals surface area contributed by atoms with Crippen LogP contribution in [0.25, 0.3) is 0 Å². The minimum absolute atomic E-state index is 0.0278. The summed E-state index contributed by atoms with van der Waals surface area (Å²) in [4.78, 5) is 25.0. The van der Waals surface area contributed by atoms with Gasteiger partial charge in [-0.1, -0.05) is 13.8 Å². The lowest BCUT2D eigenvalue weighted by Gasteiger charge is -2.48. The van der Waals surface area contributed by atoms with Gasteiger partial charge in [0.25, 0.3) is 0 Å². The van der Waals surface area contributed by atoms with Gasteiger partial charge in [-0.15, -0.1) is 0 Å². The summed E-state index contributed by atoms with van der Waals surface area (Å²) in [6.07, 6.45) is 5.38. The Morgan fingerprint density at radius 3 is 2.96 bits per heavy atom. The Kier molecular flexibility index (Phi) is 3.02. The number of carbonyl (C=O) groups excluding carboxylic acids is 2. The van der Waals surface area contributed by atoms with Crippen LogP contribution in [0.5, 0.6) is 0 Å². The molecule has 136 valence electrons. The topological polar surface area (TPSA) is 61.8 Å². The minimum Gasteiger partial charge on any atom is -0.462 e. The molecule has 5 nitrogen and oxygen atoms in total. The zero-order chi connectivity index (χ0) is 17.6. The molecular formula is C20H26O5. The Hall–Kier alpha value is -1.52. The van der Waals surface area contributed by atoms with Crippen molar-refractivity contribution in [3.05, 3.63) is 11.8 Å². The highest BCUT2D eigenvalue weighted by atomic mass is 16.7. The highest BCUT2D eigenvalue weighted by molar-refractivity contribution is 5.81. The number of hydrogen-bond donors (Lipinski definition) is 0. The lowest BCUT2D eigenvalue weighted by molar-refractivity contribution is -0.195. The molecule has 0 N–H and O–H groups in total. The molecule has 5 heteroatoms. The highest BCUT2D eigenvalue weighted by Crippen LogP contribution is 2.76. The Labute approximate surface area is 148 Å². The molecule has 25 heavy (non-hydrogen) atoms. The van der Waals surface area contributed by atoms with Gasteiger partial charge in [0.05, 0.1) is 11.7 Å². The summed E-state index contributed by atoms with van der Waals surface area (Å²) in [6, 6.07) is 0. The zero-order valence-electron chi connectivity index (χ0n) is 15.1. The summed E-state index contributed by atoms with van der Waals surface area (Å²) >= 11 is 0. The number of esters is 2. The lowest BCUT2D eigenvalue weighted by Crippen LogP contribution is -2.49. The van der Waals surface area contributed by atoms with E-state index < -0.39 is 6.29 Å². The molecule has 3 bridgehead atoms. The first-order valence-corrected chi connectivity index (χ1v) is 9.64. The standard InChI is InChI=1S/C20H26O5/c1-10(2)6-16(21)25-17-12-4-5-15-19(3)11-7-14(24-18(19)22)13(9-23-17)20(12,15)8-11/h9-12,14-15,17H,4-8H2,1-3H3. The van der Waals surface area contributed by atoms with E-state index in [0.717, 1.165) is 31.3 Å². The molecular weight excluding hydrogens is 320 g/mol. The van der Waals surface area contributed by atoms with Crippen molar-refractivity contribution in [2.24, 2.45) is 34.5 Å². The van der Waals surface area contributed by atoms with Crippen LogP contribution in [0, 0.1) is 34.5 Å². The van der Waals surface area contributed by atoms with E-state index in [4.69, 9.17) is 14.2 Å². The Morgan fingerprint density at radius 2 is 2.20 bits per heavy atom. The largest absolute Gasteiger partial charge is 0.462 e. The van der Waals surface area contributed by atoms with Gasteiger partial charge in [0.1, 0.15) is 6.10 Å². The van der Waals surface area contributed by atoms with E-state index in [9.17, 15) is 9.59 Å². The molecule has 0 radical (unpaired) electrons. The fraction of sp³-hybridized carbons (Fsp3) is 0.800. The van der Waals surface area contributed by atoms with Crippen molar-refractivity contribution < 1.29 is 23.8 Å². The van der Waals surface area contributed by atoms with Gasteiger partial charge in [-0.05, 0) is 50.4 Å². The maximum atomic E-state index is 12.8. The summed E-state index contributed by atoms with van der Waals surface area (Å²) in [7, 11) is 0. The van der Waals surface area contributed by atoms with Crippen molar-refractivity contribution in [1.29, 1.82) is 0 Å². The van der Waals surface area contributed by atoms with E-state index in [1.165, 1.54) is 0 Å². The minimum atomic E-state index is -0.519. The number of rotatable bonds is 3. The van der Waals surface area contributed by atoms with Crippen molar-refractivity contribution in [3.63, 3.8) is 0 Å². The number of fused-ring (bicyclic) bond motifs is 3. The quantitative estimate of drug-likeness (QED) is 0.735. The molecule has 0 aromatic carbocycles. The van der Waals surface area contributed by atoms with Crippen molar-refractivity contribution in [1.82, 2.24) is 0 Å². The molecule has 0 aromatic heterocycles. The van der Waals surface area contributed by atoms with Gasteiger partial charge >= 0.3 is 11.9 Å². The molecule has 4 fully saturated rings. The molecule has 0 amide bonds. The van der Waals surface area contributed by atoms with Gasteiger partial charge in [-0.2, -0.15) is 0 Å². The molecule has 1 spiro atoms. The first-order chi connectivity index (χ1) is 11.9. The van der Waals surface area contributed by atoms with Crippen LogP contribution in [-0.4, -0.2) is 24.3 Å². The molecule has 3 saturated carbocycles. The summed E-state index contributed by atoms with van der Waals surface area (Å²) < 4.78 is 17.4. The summed E-state index contributed by atoms with van der Waals surface area (Å²) in [5.41, 5.74) is 0.696. The summed E-state index contributed by atoms with van der Waals surface area (Å²) in [5, 5.41) is 0. The predicted molar refractivity (Wildman–Crippen MR) is 87.9 cm³/mol. The molecule has 2 heterocycles. The van der Waals surface area contributed by atoms with Gasteiger partial charge in [0, 0.05) is 23.3 Å². The van der Waals surface area contributed by atoms with E-state index in [-0.39, 0.29) is 46.6 Å².